The molecule has 3 aromatic rings. The Balaban J connectivity index is 1.99. The van der Waals surface area contributed by atoms with Crippen LogP contribution in [0.4, 0.5) is 11.4 Å². The monoisotopic (exact) mass is 344 g/mol. The first-order chi connectivity index (χ1) is 10.1. The lowest BCUT2D eigenvalue weighted by Gasteiger charge is -2.11. The molecule has 0 aliphatic rings. The summed E-state index contributed by atoms with van der Waals surface area (Å²) in [5.41, 5.74) is 9.37. The first kappa shape index (κ1) is 13.6. The maximum atomic E-state index is 12.5. The smallest absolute Gasteiger partial charge is 0.256 e. The molecule has 0 unspecified atom stereocenters. The van der Waals surface area contributed by atoms with Crippen molar-refractivity contribution in [3.8, 4) is 0 Å². The van der Waals surface area contributed by atoms with E-state index in [0.717, 1.165) is 20.9 Å². The number of H-pyrrole nitrogens is 1. The van der Waals surface area contributed by atoms with Crippen molar-refractivity contribution in [2.45, 2.75) is 6.92 Å². The average Bonchev–Trinajstić information content (AvgIpc) is 2.92. The van der Waals surface area contributed by atoms with Crippen molar-refractivity contribution in [2.24, 2.45) is 0 Å². The third-order valence-electron chi connectivity index (χ3n) is 3.39. The fourth-order valence-corrected chi connectivity index (χ4v) is 2.68. The van der Waals surface area contributed by atoms with E-state index in [1.807, 2.05) is 25.1 Å². The molecule has 0 fully saturated rings. The van der Waals surface area contributed by atoms with Crippen molar-refractivity contribution >= 4 is 44.1 Å². The van der Waals surface area contributed by atoms with E-state index in [4.69, 9.17) is 5.73 Å². The Bertz CT molecular complexity index is 841. The van der Waals surface area contributed by atoms with Gasteiger partial charge in [0, 0.05) is 21.1 Å². The van der Waals surface area contributed by atoms with Crippen LogP contribution in [0.1, 0.15) is 15.9 Å². The van der Waals surface area contributed by atoms with E-state index in [1.54, 1.807) is 18.3 Å². The average molecular weight is 345 g/mol. The number of hydrogen-bond donors (Lipinski definition) is 3. The van der Waals surface area contributed by atoms with Gasteiger partial charge < -0.3 is 11.1 Å². The number of anilines is 2. The van der Waals surface area contributed by atoms with Crippen LogP contribution in [-0.4, -0.2) is 16.1 Å². The van der Waals surface area contributed by atoms with Crippen molar-refractivity contribution in [1.82, 2.24) is 10.2 Å². The van der Waals surface area contributed by atoms with Crippen LogP contribution in [0.25, 0.3) is 10.9 Å². The van der Waals surface area contributed by atoms with E-state index in [1.165, 1.54) is 0 Å². The highest BCUT2D eigenvalue weighted by Gasteiger charge is 2.14. The van der Waals surface area contributed by atoms with Gasteiger partial charge in [0.1, 0.15) is 0 Å². The van der Waals surface area contributed by atoms with Gasteiger partial charge in [-0.3, -0.25) is 9.89 Å². The molecule has 4 N–H and O–H groups in total. The molecule has 2 aromatic carbocycles. The number of amides is 1. The van der Waals surface area contributed by atoms with Crippen LogP contribution >= 0.6 is 15.9 Å². The summed E-state index contributed by atoms with van der Waals surface area (Å²) in [7, 11) is 0. The van der Waals surface area contributed by atoms with E-state index < -0.39 is 0 Å². The van der Waals surface area contributed by atoms with Crippen LogP contribution in [0.3, 0.4) is 0 Å². The molecule has 0 saturated heterocycles. The normalized spacial score (nSPS) is 10.8. The van der Waals surface area contributed by atoms with Gasteiger partial charge in [-0.2, -0.15) is 5.10 Å². The Hall–Kier alpha value is -2.34. The first-order valence-corrected chi connectivity index (χ1v) is 7.14. The van der Waals surface area contributed by atoms with Crippen molar-refractivity contribution < 1.29 is 4.79 Å². The number of nitrogens with zero attached hydrogens (tertiary/aromatic N) is 1. The topological polar surface area (TPSA) is 83.8 Å². The summed E-state index contributed by atoms with van der Waals surface area (Å²) in [5.74, 6) is -0.200. The minimum atomic E-state index is -0.200. The fraction of sp³-hybridized carbons (Fsp3) is 0.0667. The Morgan fingerprint density at radius 2 is 2.19 bits per heavy atom. The summed E-state index contributed by atoms with van der Waals surface area (Å²) in [6, 6.07) is 9.14. The summed E-state index contributed by atoms with van der Waals surface area (Å²) in [4.78, 5) is 12.5. The minimum absolute atomic E-state index is 0.200. The van der Waals surface area contributed by atoms with Crippen LogP contribution in [0.5, 0.6) is 0 Å². The number of carbonyl (C=O) groups is 1. The number of nitrogens with two attached hydrogens (primary N) is 1. The van der Waals surface area contributed by atoms with E-state index in [-0.39, 0.29) is 5.91 Å². The molecule has 1 amide bonds. The molecular formula is C15H13BrN4O. The van der Waals surface area contributed by atoms with Gasteiger partial charge in [-0.1, -0.05) is 22.0 Å². The van der Waals surface area contributed by atoms with Gasteiger partial charge in [0.15, 0.2) is 0 Å². The molecule has 0 radical (unpaired) electrons. The van der Waals surface area contributed by atoms with Crippen molar-refractivity contribution in [1.29, 1.82) is 0 Å². The van der Waals surface area contributed by atoms with E-state index in [9.17, 15) is 4.79 Å². The number of aromatic nitrogens is 2. The number of nitrogens with one attached hydrogen (secondary N) is 2. The number of nitrogen functional groups attached to an aromatic ring is 1. The molecule has 6 heteroatoms. The molecule has 3 rings (SSSR count). The van der Waals surface area contributed by atoms with Gasteiger partial charge >= 0.3 is 0 Å². The minimum Gasteiger partial charge on any atom is -0.398 e. The lowest BCUT2D eigenvalue weighted by atomic mass is 10.1. The summed E-state index contributed by atoms with van der Waals surface area (Å²) in [6.07, 6.45) is 1.69. The summed E-state index contributed by atoms with van der Waals surface area (Å²) < 4.78 is 0.775. The number of rotatable bonds is 2. The molecular weight excluding hydrogens is 332 g/mol. The maximum Gasteiger partial charge on any atom is 0.256 e. The third-order valence-corrected chi connectivity index (χ3v) is 3.85. The quantitative estimate of drug-likeness (QED) is 0.622. The second-order valence-corrected chi connectivity index (χ2v) is 5.67. The summed E-state index contributed by atoms with van der Waals surface area (Å²) in [5, 5.41) is 10.6. The number of carbonyl (C=O) groups excluding carboxylic acids is 1. The van der Waals surface area contributed by atoms with Crippen molar-refractivity contribution in [3.05, 3.63) is 52.1 Å². The van der Waals surface area contributed by atoms with Gasteiger partial charge in [0.2, 0.25) is 0 Å². The van der Waals surface area contributed by atoms with Gasteiger partial charge in [-0.25, -0.2) is 0 Å². The predicted octanol–water partition coefficient (Wildman–Crippen LogP) is 3.47. The zero-order valence-electron chi connectivity index (χ0n) is 11.3. The molecule has 1 aromatic heterocycles. The van der Waals surface area contributed by atoms with Crippen LogP contribution in [0.2, 0.25) is 0 Å². The van der Waals surface area contributed by atoms with Crippen LogP contribution < -0.4 is 11.1 Å². The molecule has 5 nitrogen and oxygen atoms in total. The van der Waals surface area contributed by atoms with Crippen molar-refractivity contribution in [3.63, 3.8) is 0 Å². The third kappa shape index (κ3) is 2.50. The number of benzene rings is 2. The van der Waals surface area contributed by atoms with Gasteiger partial charge in [-0.15, -0.1) is 0 Å². The Morgan fingerprint density at radius 1 is 1.38 bits per heavy atom. The van der Waals surface area contributed by atoms with E-state index >= 15 is 0 Å². The predicted molar refractivity (Wildman–Crippen MR) is 87.3 cm³/mol. The first-order valence-electron chi connectivity index (χ1n) is 6.35. The van der Waals surface area contributed by atoms with Crippen LogP contribution in [0.15, 0.2) is 41.0 Å². The lowest BCUT2D eigenvalue weighted by Crippen LogP contribution is -2.14. The Kier molecular flexibility index (Phi) is 3.39. The Labute approximate surface area is 129 Å². The highest BCUT2D eigenvalue weighted by molar-refractivity contribution is 9.10. The molecule has 0 aliphatic carbocycles. The molecule has 1 heterocycles. The molecule has 0 saturated carbocycles. The number of hydrogen-bond acceptors (Lipinski definition) is 3. The molecule has 0 atom stereocenters. The number of aromatic amines is 1. The van der Waals surface area contributed by atoms with Crippen LogP contribution in [0, 0.1) is 6.92 Å². The van der Waals surface area contributed by atoms with Crippen LogP contribution in [-0.2, 0) is 0 Å². The fourth-order valence-electron chi connectivity index (χ4n) is 2.20. The zero-order valence-corrected chi connectivity index (χ0v) is 12.9. The largest absolute Gasteiger partial charge is 0.398 e. The van der Waals surface area contributed by atoms with Gasteiger partial charge in [0.05, 0.1) is 17.4 Å². The highest BCUT2D eigenvalue weighted by Crippen LogP contribution is 2.25. The highest BCUT2D eigenvalue weighted by atomic mass is 79.9. The van der Waals surface area contributed by atoms with E-state index in [2.05, 4.69) is 31.4 Å². The molecule has 0 aliphatic heterocycles. The number of halogens is 1. The van der Waals surface area contributed by atoms with Gasteiger partial charge in [-0.05, 0) is 36.8 Å². The lowest BCUT2D eigenvalue weighted by molar-refractivity contribution is 0.102. The number of fused-ring (bicyclic) bond motifs is 1. The summed E-state index contributed by atoms with van der Waals surface area (Å²) in [6.45, 7) is 1.83. The molecule has 106 valence electrons. The van der Waals surface area contributed by atoms with Crippen molar-refractivity contribution in [2.75, 3.05) is 11.1 Å². The second-order valence-electron chi connectivity index (χ2n) is 4.76. The summed E-state index contributed by atoms with van der Waals surface area (Å²) >= 11 is 3.36. The van der Waals surface area contributed by atoms with Gasteiger partial charge in [0.25, 0.3) is 5.91 Å². The zero-order chi connectivity index (χ0) is 15.0. The molecule has 21 heavy (non-hydrogen) atoms. The molecule has 0 bridgehead atoms. The molecule has 0 spiro atoms. The Morgan fingerprint density at radius 3 is 3.00 bits per heavy atom. The maximum absolute atomic E-state index is 12.5. The second kappa shape index (κ2) is 5.21. The SMILES string of the molecule is Cc1c(N)cc(Br)cc1C(=O)Nc1cccc2[nH]ncc12. The van der Waals surface area contributed by atoms with E-state index in [0.29, 0.717) is 16.9 Å². The standard InChI is InChI=1S/C15H13BrN4O/c1-8-10(5-9(16)6-12(8)17)15(21)19-13-3-2-4-14-11(13)7-18-20-14/h2-7H,17H2,1H3,(H,18,20)(H,19,21).